The largest absolute Gasteiger partial charge is 0.383 e. The van der Waals surface area contributed by atoms with Crippen LogP contribution in [0.15, 0.2) is 23.1 Å². The molecule has 1 aromatic rings. The molecule has 1 N–H and O–H groups in total. The minimum atomic E-state index is -0.274. The number of ether oxygens (including phenoxy) is 1. The van der Waals surface area contributed by atoms with Gasteiger partial charge in [-0.3, -0.25) is 9.59 Å². The lowest BCUT2D eigenvalue weighted by molar-refractivity contribution is 0.0907. The van der Waals surface area contributed by atoms with E-state index in [1.807, 2.05) is 0 Å². The van der Waals surface area contributed by atoms with E-state index < -0.39 is 0 Å². The highest BCUT2D eigenvalue weighted by Gasteiger charge is 2.12. The van der Waals surface area contributed by atoms with Crippen LogP contribution in [0.4, 0.5) is 0 Å². The Morgan fingerprint density at radius 2 is 2.35 bits per heavy atom. The smallest absolute Gasteiger partial charge is 0.251 e. The Bertz CT molecular complexity index is 445. The molecule has 1 aromatic heterocycles. The van der Waals surface area contributed by atoms with E-state index in [1.54, 1.807) is 26.4 Å². The molecular formula is C11H15BrN2O3. The van der Waals surface area contributed by atoms with Crippen LogP contribution in [0.1, 0.15) is 10.4 Å². The van der Waals surface area contributed by atoms with E-state index in [0.717, 1.165) is 0 Å². The van der Waals surface area contributed by atoms with E-state index in [1.165, 1.54) is 10.6 Å². The number of nitrogens with zero attached hydrogens (tertiary/aromatic N) is 1. The number of alkyl halides is 1. The van der Waals surface area contributed by atoms with Crippen LogP contribution >= 0.6 is 15.9 Å². The van der Waals surface area contributed by atoms with Crippen molar-refractivity contribution in [2.45, 2.75) is 6.04 Å². The molecule has 1 unspecified atom stereocenters. The number of carbonyl (C=O) groups is 1. The molecule has 0 aromatic carbocycles. The predicted octanol–water partition coefficient (Wildman–Crippen LogP) is 0.525. The van der Waals surface area contributed by atoms with Crippen molar-refractivity contribution in [1.82, 2.24) is 9.88 Å². The fourth-order valence-electron chi connectivity index (χ4n) is 1.28. The van der Waals surface area contributed by atoms with Crippen LogP contribution in [-0.2, 0) is 11.8 Å². The van der Waals surface area contributed by atoms with Crippen molar-refractivity contribution in [1.29, 1.82) is 0 Å². The van der Waals surface area contributed by atoms with Crippen molar-refractivity contribution in [3.63, 3.8) is 0 Å². The zero-order valence-corrected chi connectivity index (χ0v) is 11.4. The summed E-state index contributed by atoms with van der Waals surface area (Å²) < 4.78 is 6.37. The molecule has 6 heteroatoms. The second-order valence-electron chi connectivity index (χ2n) is 3.64. The summed E-state index contributed by atoms with van der Waals surface area (Å²) >= 11 is 3.28. The molecule has 1 heterocycles. The molecule has 1 atom stereocenters. The zero-order chi connectivity index (χ0) is 12.8. The van der Waals surface area contributed by atoms with E-state index in [4.69, 9.17) is 4.74 Å². The van der Waals surface area contributed by atoms with E-state index in [0.29, 0.717) is 17.5 Å². The summed E-state index contributed by atoms with van der Waals surface area (Å²) in [6.07, 6.45) is 1.57. The lowest BCUT2D eigenvalue weighted by Crippen LogP contribution is -2.39. The van der Waals surface area contributed by atoms with Gasteiger partial charge in [-0.05, 0) is 6.07 Å². The number of carbonyl (C=O) groups excluding carboxylic acids is 1. The van der Waals surface area contributed by atoms with Crippen LogP contribution in [-0.4, -0.2) is 35.6 Å². The van der Waals surface area contributed by atoms with E-state index >= 15 is 0 Å². The Balaban J connectivity index is 2.75. The van der Waals surface area contributed by atoms with Crippen LogP contribution in [0.3, 0.4) is 0 Å². The first-order valence-electron chi connectivity index (χ1n) is 5.11. The number of amides is 1. The van der Waals surface area contributed by atoms with Crippen molar-refractivity contribution in [3.05, 3.63) is 34.2 Å². The van der Waals surface area contributed by atoms with Crippen LogP contribution < -0.4 is 10.9 Å². The molecule has 17 heavy (non-hydrogen) atoms. The van der Waals surface area contributed by atoms with Crippen LogP contribution in [0, 0.1) is 0 Å². The molecule has 0 saturated heterocycles. The quantitative estimate of drug-likeness (QED) is 0.807. The minimum absolute atomic E-state index is 0.114. The van der Waals surface area contributed by atoms with Gasteiger partial charge in [-0.2, -0.15) is 0 Å². The van der Waals surface area contributed by atoms with E-state index in [2.05, 4.69) is 21.2 Å². The number of hydrogen-bond acceptors (Lipinski definition) is 3. The number of aromatic nitrogens is 1. The number of pyridine rings is 1. The molecule has 0 bridgehead atoms. The molecule has 1 rings (SSSR count). The van der Waals surface area contributed by atoms with Gasteiger partial charge in [0.1, 0.15) is 0 Å². The van der Waals surface area contributed by atoms with E-state index in [-0.39, 0.29) is 17.5 Å². The maximum absolute atomic E-state index is 11.8. The van der Waals surface area contributed by atoms with Gasteiger partial charge in [0.15, 0.2) is 0 Å². The third-order valence-electron chi connectivity index (χ3n) is 2.26. The molecule has 1 amide bonds. The van der Waals surface area contributed by atoms with Crippen molar-refractivity contribution in [2.24, 2.45) is 7.05 Å². The Morgan fingerprint density at radius 3 is 2.88 bits per heavy atom. The van der Waals surface area contributed by atoms with Gasteiger partial charge < -0.3 is 14.6 Å². The summed E-state index contributed by atoms with van der Waals surface area (Å²) in [4.78, 5) is 23.2. The summed E-state index contributed by atoms with van der Waals surface area (Å²) in [5, 5.41) is 3.37. The van der Waals surface area contributed by atoms with Crippen LogP contribution in [0.5, 0.6) is 0 Å². The molecule has 0 radical (unpaired) electrons. The van der Waals surface area contributed by atoms with Gasteiger partial charge in [0.25, 0.3) is 11.5 Å². The normalized spacial score (nSPS) is 12.2. The first kappa shape index (κ1) is 13.9. The van der Waals surface area contributed by atoms with Crippen molar-refractivity contribution in [3.8, 4) is 0 Å². The number of rotatable bonds is 5. The Hall–Kier alpha value is -1.14. The Labute approximate surface area is 108 Å². The lowest BCUT2D eigenvalue weighted by Gasteiger charge is -2.15. The number of hydrogen-bond donors (Lipinski definition) is 1. The average Bonchev–Trinajstić information content (AvgIpc) is 2.31. The molecule has 0 aliphatic carbocycles. The van der Waals surface area contributed by atoms with Crippen LogP contribution in [0.25, 0.3) is 0 Å². The summed E-state index contributed by atoms with van der Waals surface area (Å²) in [5.74, 6) is -0.274. The summed E-state index contributed by atoms with van der Waals surface area (Å²) in [7, 11) is 3.20. The lowest BCUT2D eigenvalue weighted by atomic mass is 10.2. The number of aryl methyl sites for hydroxylation is 1. The second kappa shape index (κ2) is 6.56. The monoisotopic (exact) mass is 302 g/mol. The fourth-order valence-corrected chi connectivity index (χ4v) is 1.63. The fraction of sp³-hybridized carbons (Fsp3) is 0.455. The predicted molar refractivity (Wildman–Crippen MR) is 68.6 cm³/mol. The molecule has 5 nitrogen and oxygen atoms in total. The molecule has 94 valence electrons. The van der Waals surface area contributed by atoms with E-state index in [9.17, 15) is 9.59 Å². The molecule has 0 aliphatic rings. The third kappa shape index (κ3) is 3.98. The maximum Gasteiger partial charge on any atom is 0.251 e. The Morgan fingerprint density at radius 1 is 1.65 bits per heavy atom. The first-order valence-corrected chi connectivity index (χ1v) is 6.23. The topological polar surface area (TPSA) is 60.3 Å². The van der Waals surface area contributed by atoms with Gasteiger partial charge in [0.05, 0.1) is 12.6 Å². The molecule has 0 spiro atoms. The molecule has 0 aliphatic heterocycles. The summed E-state index contributed by atoms with van der Waals surface area (Å²) in [6, 6.07) is 2.80. The molecular weight excluding hydrogens is 288 g/mol. The molecule has 0 fully saturated rings. The highest BCUT2D eigenvalue weighted by molar-refractivity contribution is 9.09. The van der Waals surface area contributed by atoms with Crippen molar-refractivity contribution in [2.75, 3.05) is 19.0 Å². The standard InChI is InChI=1S/C11H15BrN2O3/c1-14-4-3-8(5-10(14)15)11(16)13-9(6-12)7-17-2/h3-5,9H,6-7H2,1-2H3,(H,13,16). The first-order chi connectivity index (χ1) is 8.08. The number of methoxy groups -OCH3 is 1. The van der Waals surface area contributed by atoms with Crippen molar-refractivity contribution >= 4 is 21.8 Å². The van der Waals surface area contributed by atoms with Crippen molar-refractivity contribution < 1.29 is 9.53 Å². The highest BCUT2D eigenvalue weighted by Crippen LogP contribution is 1.98. The minimum Gasteiger partial charge on any atom is -0.383 e. The van der Waals surface area contributed by atoms with Gasteiger partial charge >= 0.3 is 0 Å². The number of halogens is 1. The highest BCUT2D eigenvalue weighted by atomic mass is 79.9. The Kier molecular flexibility index (Phi) is 5.37. The van der Waals surface area contributed by atoms with Gasteiger partial charge in [-0.15, -0.1) is 0 Å². The maximum atomic E-state index is 11.8. The van der Waals surface area contributed by atoms with Gasteiger partial charge in [-0.1, -0.05) is 15.9 Å². The SMILES string of the molecule is COCC(CBr)NC(=O)c1ccn(C)c(=O)c1. The van der Waals surface area contributed by atoms with Crippen LogP contribution in [0.2, 0.25) is 0 Å². The zero-order valence-electron chi connectivity index (χ0n) is 9.77. The summed E-state index contributed by atoms with van der Waals surface area (Å²) in [5.41, 5.74) is 0.148. The third-order valence-corrected chi connectivity index (χ3v) is 3.04. The average molecular weight is 303 g/mol. The van der Waals surface area contributed by atoms with Gasteiger partial charge in [-0.25, -0.2) is 0 Å². The van der Waals surface area contributed by atoms with Gasteiger partial charge in [0.2, 0.25) is 0 Å². The van der Waals surface area contributed by atoms with Gasteiger partial charge in [0, 0.05) is 37.3 Å². The second-order valence-corrected chi connectivity index (χ2v) is 4.29. The molecule has 0 saturated carbocycles. The number of nitrogens with one attached hydrogen (secondary N) is 1. The summed E-state index contributed by atoms with van der Waals surface area (Å²) in [6.45, 7) is 0.418.